The predicted octanol–water partition coefficient (Wildman–Crippen LogP) is 1.72. The van der Waals surface area contributed by atoms with Gasteiger partial charge in [0.25, 0.3) is 0 Å². The molecule has 26 heavy (non-hydrogen) atoms. The monoisotopic (exact) mass is 353 g/mol. The Morgan fingerprint density at radius 3 is 2.85 bits per heavy atom. The van der Waals surface area contributed by atoms with Crippen LogP contribution >= 0.6 is 0 Å². The molecule has 2 atom stereocenters. The zero-order chi connectivity index (χ0) is 18.3. The lowest BCUT2D eigenvalue weighted by molar-refractivity contribution is -0.131. The van der Waals surface area contributed by atoms with Crippen molar-refractivity contribution in [3.05, 3.63) is 47.9 Å². The fourth-order valence-electron chi connectivity index (χ4n) is 3.83. The van der Waals surface area contributed by atoms with Gasteiger partial charge < -0.3 is 14.2 Å². The minimum atomic E-state index is -0.0573. The fraction of sp³-hybridized carbons (Fsp3) is 0.421. The highest BCUT2D eigenvalue weighted by Crippen LogP contribution is 2.28. The summed E-state index contributed by atoms with van der Waals surface area (Å²) in [7, 11) is 3.53. The van der Waals surface area contributed by atoms with E-state index in [1.165, 1.54) is 0 Å². The van der Waals surface area contributed by atoms with Gasteiger partial charge in [-0.3, -0.25) is 9.48 Å². The molecule has 1 aliphatic heterocycles. The lowest BCUT2D eigenvalue weighted by atomic mass is 10.0. The van der Waals surface area contributed by atoms with Gasteiger partial charge >= 0.3 is 0 Å². The minimum Gasteiger partial charge on any atom is -0.379 e. The summed E-state index contributed by atoms with van der Waals surface area (Å²) >= 11 is 0. The lowest BCUT2D eigenvalue weighted by Gasteiger charge is -2.17. The maximum absolute atomic E-state index is 13.0. The van der Waals surface area contributed by atoms with Crippen molar-refractivity contribution < 1.29 is 9.53 Å². The normalized spacial score (nSPS) is 20.2. The molecule has 1 aliphatic rings. The number of benzene rings is 1. The fourth-order valence-corrected chi connectivity index (χ4v) is 3.83. The van der Waals surface area contributed by atoms with Crippen molar-refractivity contribution in [1.29, 1.82) is 0 Å². The van der Waals surface area contributed by atoms with Crippen molar-refractivity contribution in [2.24, 2.45) is 7.05 Å². The Labute approximate surface area is 152 Å². The van der Waals surface area contributed by atoms with Crippen molar-refractivity contribution >= 4 is 16.8 Å². The number of carbonyl (C=O) groups is 1. The van der Waals surface area contributed by atoms with Crippen LogP contribution in [0.3, 0.4) is 0 Å². The molecule has 1 aromatic carbocycles. The van der Waals surface area contributed by atoms with Crippen molar-refractivity contribution in [1.82, 2.24) is 24.5 Å². The van der Waals surface area contributed by atoms with Crippen LogP contribution < -0.4 is 0 Å². The van der Waals surface area contributed by atoms with Gasteiger partial charge in [-0.05, 0) is 24.4 Å². The number of ether oxygens (including phenoxy) is 1. The Bertz CT molecular complexity index is 944. The molecular weight excluding hydrogens is 330 g/mol. The second-order valence-electron chi connectivity index (χ2n) is 6.93. The summed E-state index contributed by atoms with van der Waals surface area (Å²) < 4.78 is 9.38. The van der Waals surface area contributed by atoms with Crippen molar-refractivity contribution in [3.63, 3.8) is 0 Å². The smallest absolute Gasteiger partial charge is 0.242 e. The van der Waals surface area contributed by atoms with E-state index in [9.17, 15) is 4.79 Å². The van der Waals surface area contributed by atoms with E-state index in [1.54, 1.807) is 11.8 Å². The second kappa shape index (κ2) is 6.57. The van der Waals surface area contributed by atoms with E-state index in [0.29, 0.717) is 19.6 Å². The molecule has 1 amide bonds. The van der Waals surface area contributed by atoms with Crippen LogP contribution in [0.15, 0.2) is 36.5 Å². The van der Waals surface area contributed by atoms with Crippen LogP contribution in [0.2, 0.25) is 0 Å². The second-order valence-corrected chi connectivity index (χ2v) is 6.93. The number of fused-ring (bicyclic) bond motifs is 1. The van der Waals surface area contributed by atoms with Crippen LogP contribution in [0.4, 0.5) is 0 Å². The summed E-state index contributed by atoms with van der Waals surface area (Å²) in [4.78, 5) is 14.8. The largest absolute Gasteiger partial charge is 0.379 e. The molecule has 3 aromatic rings. The van der Waals surface area contributed by atoms with E-state index in [0.717, 1.165) is 22.3 Å². The number of aromatic nitrogens is 4. The van der Waals surface area contributed by atoms with Crippen molar-refractivity contribution in [2.45, 2.75) is 25.5 Å². The number of methoxy groups -OCH3 is 1. The lowest BCUT2D eigenvalue weighted by Crippen LogP contribution is -2.33. The molecule has 0 radical (unpaired) electrons. The van der Waals surface area contributed by atoms with Crippen LogP contribution in [0.1, 0.15) is 17.3 Å². The summed E-state index contributed by atoms with van der Waals surface area (Å²) in [6, 6.07) is 10.3. The third kappa shape index (κ3) is 2.88. The molecule has 3 heterocycles. The highest BCUT2D eigenvalue weighted by Gasteiger charge is 2.38. The van der Waals surface area contributed by atoms with E-state index in [-0.39, 0.29) is 17.9 Å². The van der Waals surface area contributed by atoms with Crippen LogP contribution in [-0.2, 0) is 23.1 Å². The third-order valence-corrected chi connectivity index (χ3v) is 5.23. The number of hydrogen-bond acceptors (Lipinski definition) is 4. The highest BCUT2D eigenvalue weighted by atomic mass is 16.5. The number of para-hydroxylation sites is 1. The molecule has 0 bridgehead atoms. The van der Waals surface area contributed by atoms with Gasteiger partial charge in [0.2, 0.25) is 5.91 Å². The maximum atomic E-state index is 13.0. The first-order valence-electron chi connectivity index (χ1n) is 8.78. The highest BCUT2D eigenvalue weighted by molar-refractivity contribution is 5.84. The first kappa shape index (κ1) is 16.8. The van der Waals surface area contributed by atoms with Gasteiger partial charge in [-0.1, -0.05) is 23.4 Å². The molecule has 2 aromatic heterocycles. The van der Waals surface area contributed by atoms with E-state index in [4.69, 9.17) is 4.74 Å². The van der Waals surface area contributed by atoms with Crippen molar-refractivity contribution in [3.8, 4) is 0 Å². The van der Waals surface area contributed by atoms with E-state index in [2.05, 4.69) is 33.1 Å². The molecule has 0 unspecified atom stereocenters. The number of likely N-dealkylation sites (tertiary alicyclic amines) is 1. The van der Waals surface area contributed by atoms with Gasteiger partial charge in [0.05, 0.1) is 17.7 Å². The zero-order valence-corrected chi connectivity index (χ0v) is 15.3. The SMILES string of the molecule is CO[C@@H]1CN(C(=O)Cn2c(C)cc3ccccc32)C[C@H]1c1cn(C)nn1. The molecule has 0 spiro atoms. The Morgan fingerprint density at radius 2 is 2.12 bits per heavy atom. The van der Waals surface area contributed by atoms with Gasteiger partial charge in [-0.25, -0.2) is 0 Å². The van der Waals surface area contributed by atoms with Gasteiger partial charge in [-0.2, -0.15) is 0 Å². The Balaban J connectivity index is 1.54. The van der Waals surface area contributed by atoms with Crippen LogP contribution in [0, 0.1) is 6.92 Å². The Hall–Kier alpha value is -2.67. The summed E-state index contributed by atoms with van der Waals surface area (Å²) in [5.74, 6) is 0.156. The number of hydrogen-bond donors (Lipinski definition) is 0. The Morgan fingerprint density at radius 1 is 1.31 bits per heavy atom. The average Bonchev–Trinajstić information content (AvgIpc) is 3.32. The van der Waals surface area contributed by atoms with Gasteiger partial charge in [0.1, 0.15) is 6.54 Å². The zero-order valence-electron chi connectivity index (χ0n) is 15.3. The number of carbonyl (C=O) groups excluding carboxylic acids is 1. The molecule has 7 nitrogen and oxygen atoms in total. The maximum Gasteiger partial charge on any atom is 0.242 e. The predicted molar refractivity (Wildman–Crippen MR) is 97.8 cm³/mol. The number of aryl methyl sites for hydroxylation is 2. The standard InChI is InChI=1S/C19H23N5O2/c1-13-8-14-6-4-5-7-17(14)24(13)12-19(25)23-9-15(18(11-23)26-3)16-10-22(2)21-20-16/h4-8,10,15,18H,9,11-12H2,1-3H3/t15-,18+/m0/s1. The molecule has 1 fully saturated rings. The molecule has 7 heteroatoms. The van der Waals surface area contributed by atoms with E-state index < -0.39 is 0 Å². The molecule has 4 rings (SSSR count). The quantitative estimate of drug-likeness (QED) is 0.716. The Kier molecular flexibility index (Phi) is 4.24. The molecule has 0 N–H and O–H groups in total. The van der Waals surface area contributed by atoms with Crippen LogP contribution in [0.5, 0.6) is 0 Å². The van der Waals surface area contributed by atoms with Gasteiger partial charge in [0.15, 0.2) is 0 Å². The first-order valence-corrected chi connectivity index (χ1v) is 8.78. The van der Waals surface area contributed by atoms with Crippen LogP contribution in [0.25, 0.3) is 10.9 Å². The summed E-state index contributed by atoms with van der Waals surface area (Å²) in [6.45, 7) is 3.56. The topological polar surface area (TPSA) is 65.2 Å². The average molecular weight is 353 g/mol. The number of rotatable bonds is 4. The summed E-state index contributed by atoms with van der Waals surface area (Å²) in [5, 5.41) is 9.38. The van der Waals surface area contributed by atoms with Gasteiger partial charge in [0, 0.05) is 44.7 Å². The molecule has 1 saturated heterocycles. The molecule has 136 valence electrons. The molecular formula is C19H23N5O2. The third-order valence-electron chi connectivity index (χ3n) is 5.23. The van der Waals surface area contributed by atoms with Gasteiger partial charge in [-0.15, -0.1) is 5.10 Å². The molecule has 0 saturated carbocycles. The summed E-state index contributed by atoms with van der Waals surface area (Å²) in [6.07, 6.45) is 1.84. The molecule has 0 aliphatic carbocycles. The number of nitrogens with zero attached hydrogens (tertiary/aromatic N) is 5. The summed E-state index contributed by atoms with van der Waals surface area (Å²) in [5.41, 5.74) is 3.05. The first-order chi connectivity index (χ1) is 12.6. The van der Waals surface area contributed by atoms with E-state index in [1.807, 2.05) is 37.2 Å². The van der Waals surface area contributed by atoms with Crippen LogP contribution in [-0.4, -0.2) is 56.7 Å². The van der Waals surface area contributed by atoms with Crippen molar-refractivity contribution in [2.75, 3.05) is 20.2 Å². The minimum absolute atomic E-state index is 0.0557. The number of amides is 1. The van der Waals surface area contributed by atoms with E-state index >= 15 is 0 Å².